The summed E-state index contributed by atoms with van der Waals surface area (Å²) in [5.41, 5.74) is 1.45. The van der Waals surface area contributed by atoms with Crippen LogP contribution in [0.2, 0.25) is 0 Å². The van der Waals surface area contributed by atoms with Crippen molar-refractivity contribution in [3.63, 3.8) is 0 Å². The number of allylic oxidation sites excluding steroid dienone is 1. The van der Waals surface area contributed by atoms with E-state index in [1.54, 1.807) is 36.4 Å². The molecule has 0 aliphatic heterocycles. The average molecular weight is 491 g/mol. The van der Waals surface area contributed by atoms with E-state index in [9.17, 15) is 13.2 Å². The second kappa shape index (κ2) is 14.4. The van der Waals surface area contributed by atoms with Gasteiger partial charge in [-0.3, -0.25) is 0 Å². The highest BCUT2D eigenvalue weighted by Crippen LogP contribution is 2.30. The van der Waals surface area contributed by atoms with Gasteiger partial charge >= 0.3 is 16.1 Å². The number of unbranched alkanes of at least 4 members (excludes halogenated alkanes) is 1. The number of benzene rings is 2. The minimum Gasteiger partial charge on any atom is -0.493 e. The van der Waals surface area contributed by atoms with Gasteiger partial charge in [0.15, 0.2) is 18.3 Å². The SMILES string of the molecule is CCCCS(=O)(=O)Oc1ccc(C/C=C/CC(CC)OCOC(=O)c2ccccc2)cc1OC. The lowest BCUT2D eigenvalue weighted by Crippen LogP contribution is -2.16. The van der Waals surface area contributed by atoms with Gasteiger partial charge < -0.3 is 18.4 Å². The Morgan fingerprint density at radius 1 is 1.03 bits per heavy atom. The van der Waals surface area contributed by atoms with Gasteiger partial charge in [-0.2, -0.15) is 8.42 Å². The van der Waals surface area contributed by atoms with Gasteiger partial charge in [0.1, 0.15) is 0 Å². The number of hydrogen-bond acceptors (Lipinski definition) is 7. The topological polar surface area (TPSA) is 88.1 Å². The molecular formula is C26H34O7S. The van der Waals surface area contributed by atoms with Crippen LogP contribution in [0.5, 0.6) is 11.5 Å². The third kappa shape index (κ3) is 9.57. The molecule has 0 bridgehead atoms. The maximum atomic E-state index is 12.1. The van der Waals surface area contributed by atoms with Crippen LogP contribution >= 0.6 is 0 Å². The van der Waals surface area contributed by atoms with Crippen LogP contribution in [0.15, 0.2) is 60.7 Å². The monoisotopic (exact) mass is 490 g/mol. The summed E-state index contributed by atoms with van der Waals surface area (Å²) in [6, 6.07) is 14.0. The molecule has 2 aromatic carbocycles. The Hall–Kier alpha value is -2.84. The quantitative estimate of drug-likeness (QED) is 0.145. The van der Waals surface area contributed by atoms with Crippen LogP contribution in [0.4, 0.5) is 0 Å². The van der Waals surface area contributed by atoms with Crippen LogP contribution in [-0.4, -0.2) is 40.1 Å². The fourth-order valence-electron chi connectivity index (χ4n) is 3.07. The zero-order chi connectivity index (χ0) is 24.8. The molecule has 186 valence electrons. The lowest BCUT2D eigenvalue weighted by Gasteiger charge is -2.14. The molecule has 2 aromatic rings. The van der Waals surface area contributed by atoms with Crippen molar-refractivity contribution in [3.05, 3.63) is 71.8 Å². The summed E-state index contributed by atoms with van der Waals surface area (Å²) >= 11 is 0. The third-order valence-electron chi connectivity index (χ3n) is 5.07. The van der Waals surface area contributed by atoms with Crippen molar-refractivity contribution in [1.29, 1.82) is 0 Å². The fourth-order valence-corrected chi connectivity index (χ4v) is 4.21. The van der Waals surface area contributed by atoms with Gasteiger partial charge in [0.05, 0.1) is 24.5 Å². The minimum absolute atomic E-state index is 0.0245. The molecule has 1 unspecified atom stereocenters. The number of carbonyl (C=O) groups excluding carboxylic acids is 1. The Balaban J connectivity index is 1.82. The molecule has 0 aromatic heterocycles. The van der Waals surface area contributed by atoms with Gasteiger partial charge in [0, 0.05) is 0 Å². The molecule has 0 aliphatic rings. The second-order valence-corrected chi connectivity index (χ2v) is 9.40. The fraction of sp³-hybridized carbons (Fsp3) is 0.423. The van der Waals surface area contributed by atoms with Gasteiger partial charge in [-0.25, -0.2) is 4.79 Å². The maximum absolute atomic E-state index is 12.1. The normalized spacial score (nSPS) is 12.4. The first-order chi connectivity index (χ1) is 16.4. The summed E-state index contributed by atoms with van der Waals surface area (Å²) in [6.45, 7) is 3.84. The van der Waals surface area contributed by atoms with E-state index in [2.05, 4.69) is 0 Å². The molecule has 1 atom stereocenters. The number of hydrogen-bond donors (Lipinski definition) is 0. The largest absolute Gasteiger partial charge is 0.493 e. The number of carbonyl (C=O) groups is 1. The summed E-state index contributed by atoms with van der Waals surface area (Å²) in [7, 11) is -2.16. The van der Waals surface area contributed by atoms with Crippen molar-refractivity contribution in [1.82, 2.24) is 0 Å². The highest BCUT2D eigenvalue weighted by molar-refractivity contribution is 7.87. The summed E-state index contributed by atoms with van der Waals surface area (Å²) in [5.74, 6) is 0.130. The van der Waals surface area contributed by atoms with Gasteiger partial charge in [-0.1, -0.05) is 56.7 Å². The summed E-state index contributed by atoms with van der Waals surface area (Å²) in [5, 5.41) is 0. The zero-order valence-electron chi connectivity index (χ0n) is 20.1. The molecule has 0 heterocycles. The summed E-state index contributed by atoms with van der Waals surface area (Å²) in [6.07, 6.45) is 7.36. The Labute approximate surface area is 202 Å². The summed E-state index contributed by atoms with van der Waals surface area (Å²) in [4.78, 5) is 12.0. The third-order valence-corrected chi connectivity index (χ3v) is 6.29. The number of ether oxygens (including phenoxy) is 3. The van der Waals surface area contributed by atoms with Crippen LogP contribution in [-0.2, 0) is 26.0 Å². The predicted octanol–water partition coefficient (Wildman–Crippen LogP) is 5.30. The van der Waals surface area contributed by atoms with E-state index in [0.717, 1.165) is 18.4 Å². The first-order valence-corrected chi connectivity index (χ1v) is 13.0. The predicted molar refractivity (Wildman–Crippen MR) is 132 cm³/mol. The van der Waals surface area contributed by atoms with Crippen LogP contribution in [0.1, 0.15) is 55.5 Å². The Morgan fingerprint density at radius 2 is 1.79 bits per heavy atom. The van der Waals surface area contributed by atoms with E-state index in [0.29, 0.717) is 30.6 Å². The van der Waals surface area contributed by atoms with E-state index < -0.39 is 16.1 Å². The van der Waals surface area contributed by atoms with Crippen LogP contribution < -0.4 is 8.92 Å². The molecule has 8 heteroatoms. The van der Waals surface area contributed by atoms with E-state index in [1.807, 2.05) is 38.1 Å². The highest BCUT2D eigenvalue weighted by Gasteiger charge is 2.16. The van der Waals surface area contributed by atoms with E-state index in [-0.39, 0.29) is 24.4 Å². The van der Waals surface area contributed by atoms with Crippen molar-refractivity contribution in [3.8, 4) is 11.5 Å². The molecule has 0 spiro atoms. The van der Waals surface area contributed by atoms with E-state index in [4.69, 9.17) is 18.4 Å². The van der Waals surface area contributed by atoms with Crippen molar-refractivity contribution in [2.24, 2.45) is 0 Å². The highest BCUT2D eigenvalue weighted by atomic mass is 32.2. The van der Waals surface area contributed by atoms with Crippen molar-refractivity contribution >= 4 is 16.1 Å². The zero-order valence-corrected chi connectivity index (χ0v) is 20.9. The van der Waals surface area contributed by atoms with Crippen LogP contribution in [0.25, 0.3) is 0 Å². The maximum Gasteiger partial charge on any atom is 0.340 e. The molecule has 0 saturated heterocycles. The molecule has 0 N–H and O–H groups in total. The number of rotatable bonds is 15. The Bertz CT molecular complexity index is 1020. The molecule has 7 nitrogen and oxygen atoms in total. The van der Waals surface area contributed by atoms with Gasteiger partial charge in [-0.15, -0.1) is 0 Å². The lowest BCUT2D eigenvalue weighted by atomic mass is 10.1. The standard InChI is InChI=1S/C26H34O7S/c1-4-6-18-34(28,29)33-24-17-16-21(19-25(24)30-3)12-10-11-15-23(5-2)31-20-32-26(27)22-13-8-7-9-14-22/h7-11,13-14,16-17,19,23H,4-6,12,15,18,20H2,1-3H3/b11-10+. The van der Waals surface area contributed by atoms with Crippen molar-refractivity contribution < 1.29 is 31.6 Å². The van der Waals surface area contributed by atoms with Gasteiger partial charge in [0.25, 0.3) is 0 Å². The Kier molecular flexibility index (Phi) is 11.6. The first-order valence-electron chi connectivity index (χ1n) is 11.5. The molecule has 34 heavy (non-hydrogen) atoms. The van der Waals surface area contributed by atoms with Crippen LogP contribution in [0.3, 0.4) is 0 Å². The van der Waals surface area contributed by atoms with Crippen LogP contribution in [0, 0.1) is 0 Å². The minimum atomic E-state index is -3.64. The molecule has 0 amide bonds. The average Bonchev–Trinajstić information content (AvgIpc) is 2.85. The second-order valence-electron chi connectivity index (χ2n) is 7.71. The number of esters is 1. The summed E-state index contributed by atoms with van der Waals surface area (Å²) < 4.78 is 45.5. The van der Waals surface area contributed by atoms with Crippen molar-refractivity contribution in [2.45, 2.75) is 52.1 Å². The smallest absolute Gasteiger partial charge is 0.340 e. The molecular weight excluding hydrogens is 456 g/mol. The lowest BCUT2D eigenvalue weighted by molar-refractivity contribution is -0.0651. The molecule has 2 rings (SSSR count). The van der Waals surface area contributed by atoms with E-state index in [1.165, 1.54) is 7.11 Å². The first kappa shape index (κ1) is 27.4. The molecule has 0 aliphatic carbocycles. The molecule has 0 radical (unpaired) electrons. The van der Waals surface area contributed by atoms with Crippen molar-refractivity contribution in [2.75, 3.05) is 19.7 Å². The van der Waals surface area contributed by atoms with Gasteiger partial charge in [0.2, 0.25) is 0 Å². The number of methoxy groups -OCH3 is 1. The molecule has 0 saturated carbocycles. The Morgan fingerprint density at radius 3 is 2.47 bits per heavy atom. The van der Waals surface area contributed by atoms with E-state index >= 15 is 0 Å². The molecule has 0 fully saturated rings. The van der Waals surface area contributed by atoms with Gasteiger partial charge in [-0.05, 0) is 55.5 Å².